The van der Waals surface area contributed by atoms with Gasteiger partial charge in [0.05, 0.1) is 6.10 Å². The molecule has 1 N–H and O–H groups in total. The van der Waals surface area contributed by atoms with Crippen LogP contribution in [-0.2, 0) is 0 Å². The lowest BCUT2D eigenvalue weighted by molar-refractivity contribution is 0.0129. The van der Waals surface area contributed by atoms with Gasteiger partial charge in [-0.25, -0.2) is 0 Å². The minimum atomic E-state index is -0.203. The molecule has 1 aromatic rings. The van der Waals surface area contributed by atoms with E-state index in [1.807, 2.05) is 18.2 Å². The summed E-state index contributed by atoms with van der Waals surface area (Å²) in [5.74, 6) is 0.415. The van der Waals surface area contributed by atoms with Gasteiger partial charge in [0.1, 0.15) is 0 Å². The standard InChI is InChI=1S/C14H20ClNO/c1-10-6-7-16(9-14(10)17)11(2)12-4-3-5-13(15)8-12/h3-5,8,10-11,14,17H,6-7,9H2,1-2H3. The summed E-state index contributed by atoms with van der Waals surface area (Å²) in [7, 11) is 0. The third-order valence-electron chi connectivity index (χ3n) is 3.83. The molecule has 1 heterocycles. The van der Waals surface area contributed by atoms with Crippen LogP contribution in [0.4, 0.5) is 0 Å². The number of piperidine rings is 1. The van der Waals surface area contributed by atoms with E-state index >= 15 is 0 Å². The van der Waals surface area contributed by atoms with E-state index in [1.165, 1.54) is 5.56 Å². The highest BCUT2D eigenvalue weighted by molar-refractivity contribution is 6.30. The third kappa shape index (κ3) is 3.01. The summed E-state index contributed by atoms with van der Waals surface area (Å²) in [6.07, 6.45) is 0.858. The van der Waals surface area contributed by atoms with Gasteiger partial charge < -0.3 is 5.11 Å². The fourth-order valence-electron chi connectivity index (χ4n) is 2.40. The number of aliphatic hydroxyl groups is 1. The van der Waals surface area contributed by atoms with E-state index in [2.05, 4.69) is 24.8 Å². The van der Waals surface area contributed by atoms with Gasteiger partial charge in [0, 0.05) is 17.6 Å². The SMILES string of the molecule is CC1CCN(C(C)c2cccc(Cl)c2)CC1O. The lowest BCUT2D eigenvalue weighted by Gasteiger charge is -2.38. The first-order chi connectivity index (χ1) is 8.08. The van der Waals surface area contributed by atoms with Crippen molar-refractivity contribution in [1.29, 1.82) is 0 Å². The Kier molecular flexibility index (Phi) is 4.08. The van der Waals surface area contributed by atoms with Crippen LogP contribution in [0.5, 0.6) is 0 Å². The number of halogens is 1. The zero-order chi connectivity index (χ0) is 12.4. The van der Waals surface area contributed by atoms with Gasteiger partial charge in [-0.1, -0.05) is 30.7 Å². The van der Waals surface area contributed by atoms with Gasteiger partial charge >= 0.3 is 0 Å². The quantitative estimate of drug-likeness (QED) is 0.876. The van der Waals surface area contributed by atoms with Crippen LogP contribution in [0.3, 0.4) is 0 Å². The van der Waals surface area contributed by atoms with Crippen molar-refractivity contribution in [2.45, 2.75) is 32.4 Å². The Balaban J connectivity index is 2.07. The number of likely N-dealkylation sites (tertiary alicyclic amines) is 1. The first-order valence-corrected chi connectivity index (χ1v) is 6.63. The van der Waals surface area contributed by atoms with E-state index in [0.717, 1.165) is 24.5 Å². The van der Waals surface area contributed by atoms with Gasteiger partial charge in [0.25, 0.3) is 0 Å². The van der Waals surface area contributed by atoms with Crippen molar-refractivity contribution < 1.29 is 5.11 Å². The molecule has 0 aliphatic carbocycles. The van der Waals surface area contributed by atoms with Crippen molar-refractivity contribution in [3.05, 3.63) is 34.9 Å². The number of aliphatic hydroxyl groups excluding tert-OH is 1. The zero-order valence-corrected chi connectivity index (χ0v) is 11.2. The Bertz CT molecular complexity index is 382. The molecule has 0 saturated carbocycles. The summed E-state index contributed by atoms with van der Waals surface area (Å²) in [5.41, 5.74) is 1.22. The smallest absolute Gasteiger partial charge is 0.0693 e. The van der Waals surface area contributed by atoms with Crippen LogP contribution in [0.15, 0.2) is 24.3 Å². The normalized spacial score (nSPS) is 28.0. The fourth-order valence-corrected chi connectivity index (χ4v) is 2.60. The van der Waals surface area contributed by atoms with Gasteiger partial charge in [-0.05, 0) is 43.5 Å². The van der Waals surface area contributed by atoms with E-state index in [-0.39, 0.29) is 6.10 Å². The number of benzene rings is 1. The van der Waals surface area contributed by atoms with Crippen molar-refractivity contribution >= 4 is 11.6 Å². The summed E-state index contributed by atoms with van der Waals surface area (Å²) in [6.45, 7) is 6.10. The molecule has 1 aliphatic heterocycles. The van der Waals surface area contributed by atoms with Crippen molar-refractivity contribution in [3.63, 3.8) is 0 Å². The molecule has 1 aliphatic rings. The molecular formula is C14H20ClNO. The van der Waals surface area contributed by atoms with E-state index < -0.39 is 0 Å². The second kappa shape index (κ2) is 5.38. The Morgan fingerprint density at radius 2 is 2.24 bits per heavy atom. The first kappa shape index (κ1) is 12.9. The number of nitrogens with zero attached hydrogens (tertiary/aromatic N) is 1. The molecule has 1 aromatic carbocycles. The third-order valence-corrected chi connectivity index (χ3v) is 4.06. The van der Waals surface area contributed by atoms with E-state index in [0.29, 0.717) is 12.0 Å². The predicted octanol–water partition coefficient (Wildman–Crippen LogP) is 3.10. The Labute approximate surface area is 108 Å². The van der Waals surface area contributed by atoms with Gasteiger partial charge in [0.2, 0.25) is 0 Å². The maximum absolute atomic E-state index is 9.93. The van der Waals surface area contributed by atoms with Crippen molar-refractivity contribution in [2.24, 2.45) is 5.92 Å². The Morgan fingerprint density at radius 1 is 1.47 bits per heavy atom. The molecule has 3 unspecified atom stereocenters. The number of hydrogen-bond donors (Lipinski definition) is 1. The molecule has 0 radical (unpaired) electrons. The van der Waals surface area contributed by atoms with Gasteiger partial charge in [-0.2, -0.15) is 0 Å². The summed E-state index contributed by atoms with van der Waals surface area (Å²) in [4.78, 5) is 2.33. The molecule has 3 atom stereocenters. The maximum Gasteiger partial charge on any atom is 0.0693 e. The average molecular weight is 254 g/mol. The summed E-state index contributed by atoms with van der Waals surface area (Å²) in [6, 6.07) is 8.30. The molecule has 3 heteroatoms. The topological polar surface area (TPSA) is 23.5 Å². The molecular weight excluding hydrogens is 234 g/mol. The Morgan fingerprint density at radius 3 is 2.88 bits per heavy atom. The number of hydrogen-bond acceptors (Lipinski definition) is 2. The minimum Gasteiger partial charge on any atom is -0.392 e. The number of rotatable bonds is 2. The monoisotopic (exact) mass is 253 g/mol. The molecule has 0 aromatic heterocycles. The van der Waals surface area contributed by atoms with Gasteiger partial charge in [0.15, 0.2) is 0 Å². The van der Waals surface area contributed by atoms with Crippen LogP contribution >= 0.6 is 11.6 Å². The largest absolute Gasteiger partial charge is 0.392 e. The molecule has 1 saturated heterocycles. The molecule has 0 spiro atoms. The van der Waals surface area contributed by atoms with Crippen molar-refractivity contribution in [1.82, 2.24) is 4.90 Å². The highest BCUT2D eigenvalue weighted by atomic mass is 35.5. The second-order valence-corrected chi connectivity index (χ2v) is 5.50. The second-order valence-electron chi connectivity index (χ2n) is 5.06. The molecule has 94 valence electrons. The van der Waals surface area contributed by atoms with Gasteiger partial charge in [-0.3, -0.25) is 4.90 Å². The van der Waals surface area contributed by atoms with Crippen LogP contribution in [0.1, 0.15) is 31.9 Å². The highest BCUT2D eigenvalue weighted by Gasteiger charge is 2.27. The first-order valence-electron chi connectivity index (χ1n) is 6.25. The molecule has 2 nitrogen and oxygen atoms in total. The van der Waals surface area contributed by atoms with E-state index in [4.69, 9.17) is 11.6 Å². The Hall–Kier alpha value is -0.570. The molecule has 0 amide bonds. The summed E-state index contributed by atoms with van der Waals surface area (Å²) < 4.78 is 0. The lowest BCUT2D eigenvalue weighted by Crippen LogP contribution is -2.43. The number of β-amino-alcohol motifs (C(OH)–C–C–N with tert-alkyl or cyclic N) is 1. The average Bonchev–Trinajstić information content (AvgIpc) is 2.32. The van der Waals surface area contributed by atoms with Crippen LogP contribution in [-0.4, -0.2) is 29.2 Å². The predicted molar refractivity (Wildman–Crippen MR) is 71.2 cm³/mol. The molecule has 0 bridgehead atoms. The summed E-state index contributed by atoms with van der Waals surface area (Å²) in [5, 5.41) is 10.7. The zero-order valence-electron chi connectivity index (χ0n) is 10.4. The van der Waals surface area contributed by atoms with Crippen LogP contribution in [0.25, 0.3) is 0 Å². The molecule has 17 heavy (non-hydrogen) atoms. The van der Waals surface area contributed by atoms with E-state index in [1.54, 1.807) is 0 Å². The van der Waals surface area contributed by atoms with E-state index in [9.17, 15) is 5.11 Å². The molecule has 1 fully saturated rings. The lowest BCUT2D eigenvalue weighted by atomic mass is 9.94. The highest BCUT2D eigenvalue weighted by Crippen LogP contribution is 2.27. The summed E-state index contributed by atoms with van der Waals surface area (Å²) >= 11 is 6.01. The fraction of sp³-hybridized carbons (Fsp3) is 0.571. The minimum absolute atomic E-state index is 0.203. The van der Waals surface area contributed by atoms with Crippen molar-refractivity contribution in [2.75, 3.05) is 13.1 Å². The molecule has 2 rings (SSSR count). The van der Waals surface area contributed by atoms with Crippen molar-refractivity contribution in [3.8, 4) is 0 Å². The van der Waals surface area contributed by atoms with Crippen LogP contribution < -0.4 is 0 Å². The van der Waals surface area contributed by atoms with Crippen LogP contribution in [0, 0.1) is 5.92 Å². The van der Waals surface area contributed by atoms with Crippen LogP contribution in [0.2, 0.25) is 5.02 Å². The maximum atomic E-state index is 9.93. The van der Waals surface area contributed by atoms with Gasteiger partial charge in [-0.15, -0.1) is 0 Å².